The van der Waals surface area contributed by atoms with Crippen LogP contribution in [0.2, 0.25) is 0 Å². The van der Waals surface area contributed by atoms with Crippen LogP contribution in [0.5, 0.6) is 0 Å². The molecule has 112 valence electrons. The molecule has 21 heavy (non-hydrogen) atoms. The van der Waals surface area contributed by atoms with Gasteiger partial charge in [0.1, 0.15) is 5.82 Å². The van der Waals surface area contributed by atoms with Gasteiger partial charge in [-0.15, -0.1) is 11.3 Å². The second-order valence-corrected chi connectivity index (χ2v) is 7.60. The topological polar surface area (TPSA) is 37.8 Å². The minimum absolute atomic E-state index is 0.569. The van der Waals surface area contributed by atoms with Crippen molar-refractivity contribution in [2.75, 3.05) is 11.9 Å². The maximum Gasteiger partial charge on any atom is 0.171 e. The van der Waals surface area contributed by atoms with E-state index in [0.29, 0.717) is 5.92 Å². The molecule has 2 heterocycles. The molecule has 0 saturated heterocycles. The molecule has 1 aliphatic rings. The van der Waals surface area contributed by atoms with E-state index in [2.05, 4.69) is 47.2 Å². The van der Waals surface area contributed by atoms with E-state index in [1.54, 1.807) is 11.3 Å². The van der Waals surface area contributed by atoms with Crippen molar-refractivity contribution in [1.82, 2.24) is 9.97 Å². The van der Waals surface area contributed by atoms with Gasteiger partial charge in [-0.25, -0.2) is 9.97 Å². The van der Waals surface area contributed by atoms with Gasteiger partial charge in [0.15, 0.2) is 5.82 Å². The lowest BCUT2D eigenvalue weighted by molar-refractivity contribution is 0.691. The zero-order chi connectivity index (χ0) is 14.8. The first-order valence-electron chi connectivity index (χ1n) is 7.57. The normalized spacial score (nSPS) is 15.6. The third-order valence-corrected chi connectivity index (χ3v) is 5.70. The number of nitrogens with one attached hydrogen (secondary N) is 1. The van der Waals surface area contributed by atoms with Crippen LogP contribution >= 0.6 is 27.3 Å². The van der Waals surface area contributed by atoms with Gasteiger partial charge in [-0.3, -0.25) is 0 Å². The Bertz CT molecular complexity index is 632. The second kappa shape index (κ2) is 6.44. The Labute approximate surface area is 138 Å². The van der Waals surface area contributed by atoms with Crippen LogP contribution in [0.25, 0.3) is 10.7 Å². The van der Waals surface area contributed by atoms with Crippen LogP contribution in [-0.4, -0.2) is 16.5 Å². The number of halogens is 1. The van der Waals surface area contributed by atoms with Crippen LogP contribution in [0.4, 0.5) is 5.82 Å². The maximum absolute atomic E-state index is 4.89. The molecule has 1 saturated carbocycles. The fourth-order valence-corrected chi connectivity index (χ4v) is 4.33. The van der Waals surface area contributed by atoms with Crippen LogP contribution in [0.3, 0.4) is 0 Å². The molecule has 0 bridgehead atoms. The fourth-order valence-electron chi connectivity index (χ4n) is 2.88. The van der Waals surface area contributed by atoms with Gasteiger partial charge < -0.3 is 5.32 Å². The molecule has 1 aliphatic carbocycles. The molecule has 0 amide bonds. The summed E-state index contributed by atoms with van der Waals surface area (Å²) in [6.07, 6.45) is 5.10. The molecule has 1 fully saturated rings. The molecule has 3 rings (SSSR count). The number of rotatable bonds is 4. The minimum Gasteiger partial charge on any atom is -0.369 e. The smallest absolute Gasteiger partial charge is 0.171 e. The highest BCUT2D eigenvalue weighted by molar-refractivity contribution is 9.10. The van der Waals surface area contributed by atoms with Gasteiger partial charge in [-0.2, -0.15) is 0 Å². The first-order valence-corrected chi connectivity index (χ1v) is 9.18. The van der Waals surface area contributed by atoms with Crippen LogP contribution in [-0.2, 0) is 0 Å². The van der Waals surface area contributed by atoms with Gasteiger partial charge in [-0.05, 0) is 54.8 Å². The van der Waals surface area contributed by atoms with Crippen molar-refractivity contribution in [2.45, 2.75) is 45.4 Å². The van der Waals surface area contributed by atoms with E-state index in [4.69, 9.17) is 9.97 Å². The monoisotopic (exact) mass is 365 g/mol. The summed E-state index contributed by atoms with van der Waals surface area (Å²) < 4.78 is 1.05. The third kappa shape index (κ3) is 3.14. The molecule has 0 aromatic carbocycles. The molecular formula is C16H20BrN3S. The molecule has 2 aromatic heterocycles. The minimum atomic E-state index is 0.569. The van der Waals surface area contributed by atoms with E-state index < -0.39 is 0 Å². The average molecular weight is 366 g/mol. The van der Waals surface area contributed by atoms with Crippen molar-refractivity contribution < 1.29 is 0 Å². The molecule has 0 radical (unpaired) electrons. The molecule has 5 heteroatoms. The lowest BCUT2D eigenvalue weighted by Crippen LogP contribution is -2.08. The number of hydrogen-bond donors (Lipinski definition) is 1. The molecule has 0 aliphatic heterocycles. The Morgan fingerprint density at radius 1 is 1.29 bits per heavy atom. The molecule has 0 atom stereocenters. The maximum atomic E-state index is 4.89. The van der Waals surface area contributed by atoms with Gasteiger partial charge in [0.2, 0.25) is 0 Å². The summed E-state index contributed by atoms with van der Waals surface area (Å²) in [6, 6.07) is 4.25. The van der Waals surface area contributed by atoms with Crippen molar-refractivity contribution in [1.29, 1.82) is 0 Å². The van der Waals surface area contributed by atoms with E-state index in [0.717, 1.165) is 27.5 Å². The van der Waals surface area contributed by atoms with Gasteiger partial charge in [-0.1, -0.05) is 12.8 Å². The standard InChI is InChI=1S/C16H20BrN3S/c1-3-18-16-13(17)14(11-6-4-5-7-11)19-15(20-16)12-9-8-10(2)21-12/h8-9,11H,3-7H2,1-2H3,(H,18,19,20). The van der Waals surface area contributed by atoms with Gasteiger partial charge in [0.25, 0.3) is 0 Å². The number of hydrogen-bond acceptors (Lipinski definition) is 4. The second-order valence-electron chi connectivity index (χ2n) is 5.52. The summed E-state index contributed by atoms with van der Waals surface area (Å²) in [4.78, 5) is 12.1. The van der Waals surface area contributed by atoms with Crippen LogP contribution < -0.4 is 5.32 Å². The SMILES string of the molecule is CCNc1nc(-c2ccc(C)s2)nc(C2CCCC2)c1Br. The Morgan fingerprint density at radius 2 is 2.05 bits per heavy atom. The van der Waals surface area contributed by atoms with Crippen molar-refractivity contribution in [3.63, 3.8) is 0 Å². The number of nitrogens with zero attached hydrogens (tertiary/aromatic N) is 2. The zero-order valence-corrected chi connectivity index (χ0v) is 14.9. The predicted molar refractivity (Wildman–Crippen MR) is 93.2 cm³/mol. The lowest BCUT2D eigenvalue weighted by atomic mass is 10.0. The first-order chi connectivity index (χ1) is 10.2. The zero-order valence-electron chi connectivity index (χ0n) is 12.4. The largest absolute Gasteiger partial charge is 0.369 e. The predicted octanol–water partition coefficient (Wildman–Crippen LogP) is 5.37. The molecule has 3 nitrogen and oxygen atoms in total. The highest BCUT2D eigenvalue weighted by atomic mass is 79.9. The fraction of sp³-hybridized carbons (Fsp3) is 0.500. The van der Waals surface area contributed by atoms with Crippen LogP contribution in [0, 0.1) is 6.92 Å². The Morgan fingerprint density at radius 3 is 2.67 bits per heavy atom. The van der Waals surface area contributed by atoms with Crippen molar-refractivity contribution in [3.8, 4) is 10.7 Å². The van der Waals surface area contributed by atoms with E-state index in [-0.39, 0.29) is 0 Å². The molecular weight excluding hydrogens is 346 g/mol. The average Bonchev–Trinajstić information content (AvgIpc) is 3.12. The molecule has 2 aromatic rings. The summed E-state index contributed by atoms with van der Waals surface area (Å²) in [5, 5.41) is 3.36. The Balaban J connectivity index is 2.07. The third-order valence-electron chi connectivity index (χ3n) is 3.92. The van der Waals surface area contributed by atoms with E-state index in [9.17, 15) is 0 Å². The van der Waals surface area contributed by atoms with Crippen LogP contribution in [0.1, 0.15) is 49.1 Å². The van der Waals surface area contributed by atoms with Gasteiger partial charge >= 0.3 is 0 Å². The van der Waals surface area contributed by atoms with Gasteiger partial charge in [0, 0.05) is 17.3 Å². The van der Waals surface area contributed by atoms with E-state index in [1.165, 1.54) is 36.3 Å². The van der Waals surface area contributed by atoms with Crippen molar-refractivity contribution >= 4 is 33.1 Å². The van der Waals surface area contributed by atoms with E-state index in [1.807, 2.05) is 0 Å². The number of anilines is 1. The summed E-state index contributed by atoms with van der Waals surface area (Å²) >= 11 is 5.48. The highest BCUT2D eigenvalue weighted by Crippen LogP contribution is 2.40. The quantitative estimate of drug-likeness (QED) is 0.791. The Hall–Kier alpha value is -0.940. The molecule has 0 spiro atoms. The summed E-state index contributed by atoms with van der Waals surface area (Å²) in [5.41, 5.74) is 1.18. The number of aromatic nitrogens is 2. The van der Waals surface area contributed by atoms with Gasteiger partial charge in [0.05, 0.1) is 15.0 Å². The van der Waals surface area contributed by atoms with Crippen LogP contribution in [0.15, 0.2) is 16.6 Å². The summed E-state index contributed by atoms with van der Waals surface area (Å²) in [7, 11) is 0. The van der Waals surface area contributed by atoms with E-state index >= 15 is 0 Å². The highest BCUT2D eigenvalue weighted by Gasteiger charge is 2.24. The molecule has 1 N–H and O–H groups in total. The number of aryl methyl sites for hydroxylation is 1. The first kappa shape index (κ1) is 15.0. The number of thiophene rings is 1. The van der Waals surface area contributed by atoms with Crippen molar-refractivity contribution in [2.24, 2.45) is 0 Å². The summed E-state index contributed by atoms with van der Waals surface area (Å²) in [6.45, 7) is 5.08. The lowest BCUT2D eigenvalue weighted by Gasteiger charge is -2.15. The Kier molecular flexibility index (Phi) is 4.60. The summed E-state index contributed by atoms with van der Waals surface area (Å²) in [5.74, 6) is 2.35. The molecule has 0 unspecified atom stereocenters. The van der Waals surface area contributed by atoms with Crippen molar-refractivity contribution in [3.05, 3.63) is 27.2 Å².